The third-order valence-corrected chi connectivity index (χ3v) is 5.51. The fraction of sp³-hybridized carbons (Fsp3) is 0.0952. The lowest BCUT2D eigenvalue weighted by atomic mass is 10.2. The summed E-state index contributed by atoms with van der Waals surface area (Å²) in [6, 6.07) is 12.3. The van der Waals surface area contributed by atoms with Gasteiger partial charge in [-0.15, -0.1) is 0 Å². The number of nitrogens with two attached hydrogens (primary N) is 1. The first-order valence-corrected chi connectivity index (χ1v) is 10.9. The number of nitrogens with zero attached hydrogens (tertiary/aromatic N) is 3. The fourth-order valence-electron chi connectivity index (χ4n) is 2.77. The summed E-state index contributed by atoms with van der Waals surface area (Å²) in [6.45, 7) is 0.435. The lowest BCUT2D eigenvalue weighted by molar-refractivity contribution is 0.0698. The van der Waals surface area contributed by atoms with Crippen molar-refractivity contribution in [1.29, 1.82) is 0 Å². The molecule has 0 spiro atoms. The third kappa shape index (κ3) is 5.11. The van der Waals surface area contributed by atoms with Gasteiger partial charge in [-0.25, -0.2) is 22.3 Å². The summed E-state index contributed by atoms with van der Waals surface area (Å²) >= 11 is 0. The Labute approximate surface area is 177 Å². The normalized spacial score (nSPS) is 11.1. The highest BCUT2D eigenvalue weighted by Crippen LogP contribution is 2.20. The Morgan fingerprint density at radius 1 is 1.06 bits per heavy atom. The summed E-state index contributed by atoms with van der Waals surface area (Å²) in [5.74, 6) is -1.40. The first-order valence-electron chi connectivity index (χ1n) is 9.00. The number of aromatic carboxylic acids is 1. The molecule has 0 atom stereocenters. The number of fused-ring (bicyclic) bond motifs is 1. The average Bonchev–Trinajstić information content (AvgIpc) is 3.18. The molecule has 0 amide bonds. The first kappa shape index (κ1) is 22.1. The number of carboxylic acid groups (broad SMARTS) is 1. The fourth-order valence-corrected chi connectivity index (χ4v) is 3.40. The molecule has 4 rings (SSSR count). The van der Waals surface area contributed by atoms with Crippen LogP contribution in [-0.4, -0.2) is 40.5 Å². The van der Waals surface area contributed by atoms with Crippen LogP contribution in [-0.2, 0) is 16.4 Å². The number of carboxylic acids is 1. The van der Waals surface area contributed by atoms with Crippen molar-refractivity contribution in [3.8, 4) is 5.69 Å². The maximum absolute atomic E-state index is 12.9. The highest BCUT2D eigenvalue weighted by Gasteiger charge is 2.13. The Hall–Kier alpha value is -3.63. The molecule has 160 valence electrons. The summed E-state index contributed by atoms with van der Waals surface area (Å²) in [5, 5.41) is 13.7. The molecule has 0 aliphatic heterocycles. The van der Waals surface area contributed by atoms with Gasteiger partial charge in [-0.1, -0.05) is 12.1 Å². The van der Waals surface area contributed by atoms with E-state index in [2.05, 4.69) is 10.1 Å². The standard InChI is InChI=1S/C13H8FN3O2.C8H11NO2S/c14-8-1-3-9(4-2-8)17-12-7-15-5-11(13(18)19)10(12)6-16-17;1-12(10,11)8-4-2-7(6-9)3-5-8/h1-7H,(H,18,19);2-5H,6,9H2,1H3. The van der Waals surface area contributed by atoms with E-state index in [4.69, 9.17) is 10.8 Å². The van der Waals surface area contributed by atoms with E-state index < -0.39 is 15.8 Å². The first-order chi connectivity index (χ1) is 14.7. The van der Waals surface area contributed by atoms with E-state index in [-0.39, 0.29) is 11.4 Å². The number of hydrogen-bond donors (Lipinski definition) is 2. The number of aromatic nitrogens is 3. The molecule has 31 heavy (non-hydrogen) atoms. The van der Waals surface area contributed by atoms with Gasteiger partial charge in [-0.2, -0.15) is 5.10 Å². The Balaban J connectivity index is 0.000000196. The Morgan fingerprint density at radius 3 is 2.26 bits per heavy atom. The van der Waals surface area contributed by atoms with Crippen LogP contribution in [0.15, 0.2) is 72.0 Å². The molecule has 0 aliphatic rings. The van der Waals surface area contributed by atoms with E-state index in [9.17, 15) is 17.6 Å². The van der Waals surface area contributed by atoms with E-state index in [0.717, 1.165) is 5.56 Å². The molecular weight excluding hydrogens is 423 g/mol. The molecule has 0 saturated carbocycles. The predicted molar refractivity (Wildman–Crippen MR) is 113 cm³/mol. The van der Waals surface area contributed by atoms with Crippen molar-refractivity contribution in [3.63, 3.8) is 0 Å². The summed E-state index contributed by atoms with van der Waals surface area (Å²) in [7, 11) is -3.07. The number of carbonyl (C=O) groups is 1. The molecule has 10 heteroatoms. The maximum atomic E-state index is 12.9. The summed E-state index contributed by atoms with van der Waals surface area (Å²) in [6.07, 6.45) is 5.45. The van der Waals surface area contributed by atoms with Gasteiger partial charge in [0.25, 0.3) is 0 Å². The highest BCUT2D eigenvalue weighted by atomic mass is 32.2. The minimum Gasteiger partial charge on any atom is -0.478 e. The Kier molecular flexibility index (Phi) is 6.42. The van der Waals surface area contributed by atoms with Gasteiger partial charge in [-0.05, 0) is 42.0 Å². The van der Waals surface area contributed by atoms with Crippen LogP contribution < -0.4 is 5.73 Å². The van der Waals surface area contributed by atoms with E-state index in [1.54, 1.807) is 36.4 Å². The van der Waals surface area contributed by atoms with Gasteiger partial charge in [-0.3, -0.25) is 4.98 Å². The lowest BCUT2D eigenvalue weighted by Gasteiger charge is -2.03. The van der Waals surface area contributed by atoms with Gasteiger partial charge in [0, 0.05) is 24.4 Å². The predicted octanol–water partition coefficient (Wildman–Crippen LogP) is 2.81. The second-order valence-electron chi connectivity index (χ2n) is 6.58. The van der Waals surface area contributed by atoms with Crippen molar-refractivity contribution in [2.24, 2.45) is 5.73 Å². The van der Waals surface area contributed by atoms with Gasteiger partial charge in [0.15, 0.2) is 9.84 Å². The van der Waals surface area contributed by atoms with Crippen LogP contribution >= 0.6 is 0 Å². The molecule has 0 fully saturated rings. The number of benzene rings is 2. The molecule has 2 aromatic carbocycles. The quantitative estimate of drug-likeness (QED) is 0.497. The van der Waals surface area contributed by atoms with Crippen molar-refractivity contribution in [2.45, 2.75) is 11.4 Å². The largest absolute Gasteiger partial charge is 0.478 e. The number of rotatable bonds is 4. The minimum atomic E-state index is -3.07. The number of pyridine rings is 1. The molecule has 4 aromatic rings. The van der Waals surface area contributed by atoms with Crippen LogP contribution in [0.25, 0.3) is 16.6 Å². The van der Waals surface area contributed by atoms with E-state index in [1.165, 1.54) is 41.7 Å². The molecule has 2 heterocycles. The van der Waals surface area contributed by atoms with Crippen molar-refractivity contribution in [1.82, 2.24) is 14.8 Å². The minimum absolute atomic E-state index is 0.0888. The number of sulfone groups is 1. The zero-order valence-electron chi connectivity index (χ0n) is 16.4. The van der Waals surface area contributed by atoms with Gasteiger partial charge in [0.1, 0.15) is 5.82 Å². The number of halogens is 1. The van der Waals surface area contributed by atoms with Gasteiger partial charge >= 0.3 is 5.97 Å². The zero-order chi connectivity index (χ0) is 22.6. The average molecular weight is 442 g/mol. The second-order valence-corrected chi connectivity index (χ2v) is 8.59. The van der Waals surface area contributed by atoms with Crippen molar-refractivity contribution >= 4 is 26.7 Å². The maximum Gasteiger partial charge on any atom is 0.338 e. The van der Waals surface area contributed by atoms with Crippen LogP contribution in [0.5, 0.6) is 0 Å². The number of hydrogen-bond acceptors (Lipinski definition) is 6. The van der Waals surface area contributed by atoms with E-state index in [1.807, 2.05) is 0 Å². The van der Waals surface area contributed by atoms with Crippen LogP contribution in [0, 0.1) is 5.82 Å². The molecule has 3 N–H and O–H groups in total. The molecule has 0 radical (unpaired) electrons. The van der Waals surface area contributed by atoms with E-state index >= 15 is 0 Å². The molecule has 2 aromatic heterocycles. The van der Waals surface area contributed by atoms with Gasteiger partial charge < -0.3 is 10.8 Å². The second kappa shape index (κ2) is 9.02. The van der Waals surface area contributed by atoms with Crippen LogP contribution in [0.1, 0.15) is 15.9 Å². The molecule has 0 unspecified atom stereocenters. The van der Waals surface area contributed by atoms with Gasteiger partial charge in [0.2, 0.25) is 0 Å². The topological polar surface area (TPSA) is 128 Å². The highest BCUT2D eigenvalue weighted by molar-refractivity contribution is 7.90. The van der Waals surface area contributed by atoms with Crippen LogP contribution in [0.3, 0.4) is 0 Å². The monoisotopic (exact) mass is 442 g/mol. The molecule has 0 bridgehead atoms. The molecule has 8 nitrogen and oxygen atoms in total. The summed E-state index contributed by atoms with van der Waals surface area (Å²) in [5.41, 5.74) is 7.58. The Bertz CT molecular complexity index is 1320. The van der Waals surface area contributed by atoms with Crippen molar-refractivity contribution < 1.29 is 22.7 Å². The Morgan fingerprint density at radius 2 is 1.71 bits per heavy atom. The van der Waals surface area contributed by atoms with Crippen LogP contribution in [0.2, 0.25) is 0 Å². The molecule has 0 aliphatic carbocycles. The SMILES string of the molecule is CS(=O)(=O)c1ccc(CN)cc1.O=C(O)c1cncc2c1cnn2-c1ccc(F)cc1. The summed E-state index contributed by atoms with van der Waals surface area (Å²) < 4.78 is 36.4. The lowest BCUT2D eigenvalue weighted by Crippen LogP contribution is -1.99. The smallest absolute Gasteiger partial charge is 0.338 e. The third-order valence-electron chi connectivity index (χ3n) is 4.39. The van der Waals surface area contributed by atoms with Crippen molar-refractivity contribution in [3.05, 3.63) is 84.1 Å². The summed E-state index contributed by atoms with van der Waals surface area (Å²) in [4.78, 5) is 15.3. The van der Waals surface area contributed by atoms with E-state index in [0.29, 0.717) is 28.0 Å². The molecule has 0 saturated heterocycles. The zero-order valence-corrected chi connectivity index (χ0v) is 17.3. The van der Waals surface area contributed by atoms with Crippen LogP contribution in [0.4, 0.5) is 4.39 Å². The van der Waals surface area contributed by atoms with Crippen molar-refractivity contribution in [2.75, 3.05) is 6.26 Å². The van der Waals surface area contributed by atoms with Gasteiger partial charge in [0.05, 0.1) is 34.1 Å². The molecular formula is C21H19FN4O4S.